The predicted molar refractivity (Wildman–Crippen MR) is 63.0 cm³/mol. The van der Waals surface area contributed by atoms with Crippen LogP contribution in [0.4, 0.5) is 0 Å². The highest BCUT2D eigenvalue weighted by Crippen LogP contribution is 2.11. The maximum absolute atomic E-state index is 11.8. The van der Waals surface area contributed by atoms with Crippen molar-refractivity contribution >= 4 is 6.29 Å². The maximum Gasteiger partial charge on any atom is 0.299 e. The molecule has 0 aliphatic carbocycles. The van der Waals surface area contributed by atoms with Crippen LogP contribution in [0.3, 0.4) is 0 Å². The second kappa shape index (κ2) is 4.87. The zero-order chi connectivity index (χ0) is 13.1. The molecule has 0 unspecified atom stereocenters. The number of furan rings is 1. The van der Waals surface area contributed by atoms with Crippen molar-refractivity contribution in [1.29, 1.82) is 0 Å². The quantitative estimate of drug-likeness (QED) is 0.755. The Hall–Kier alpha value is -2.37. The molecule has 6 heteroatoms. The van der Waals surface area contributed by atoms with Crippen molar-refractivity contribution in [3.05, 3.63) is 45.8 Å². The van der Waals surface area contributed by atoms with E-state index < -0.39 is 0 Å². The Morgan fingerprint density at radius 3 is 2.89 bits per heavy atom. The van der Waals surface area contributed by atoms with Crippen molar-refractivity contribution < 1.29 is 13.9 Å². The average molecular weight is 248 g/mol. The topological polar surface area (TPSA) is 74.3 Å². The molecule has 0 aromatic carbocycles. The number of hydrogen-bond acceptors (Lipinski definition) is 5. The Bertz CT molecular complexity index is 627. The molecule has 2 heterocycles. The Balaban J connectivity index is 2.39. The molecule has 0 radical (unpaired) electrons. The van der Waals surface area contributed by atoms with Gasteiger partial charge in [0.15, 0.2) is 12.0 Å². The Labute approximate surface area is 103 Å². The lowest BCUT2D eigenvalue weighted by atomic mass is 10.4. The predicted octanol–water partition coefficient (Wildman–Crippen LogP) is 1.01. The summed E-state index contributed by atoms with van der Waals surface area (Å²) in [5.41, 5.74) is 0.351. The van der Waals surface area contributed by atoms with Crippen LogP contribution in [0.2, 0.25) is 0 Å². The minimum atomic E-state index is -0.233. The van der Waals surface area contributed by atoms with E-state index in [0.29, 0.717) is 17.7 Å². The van der Waals surface area contributed by atoms with Gasteiger partial charge in [-0.05, 0) is 19.1 Å². The monoisotopic (exact) mass is 248 g/mol. The number of carbonyl (C=O) groups is 1. The van der Waals surface area contributed by atoms with Gasteiger partial charge in [-0.25, -0.2) is 4.98 Å². The molecule has 94 valence electrons. The second-order valence-corrected chi connectivity index (χ2v) is 3.73. The minimum Gasteiger partial charge on any atom is -0.468 e. The maximum atomic E-state index is 11.8. The summed E-state index contributed by atoms with van der Waals surface area (Å²) in [5, 5.41) is 0. The third-order valence-electron chi connectivity index (χ3n) is 2.40. The molecule has 0 aliphatic rings. The molecule has 0 saturated heterocycles. The molecular formula is C12H12N2O4. The van der Waals surface area contributed by atoms with Crippen LogP contribution in [-0.2, 0) is 6.54 Å². The summed E-state index contributed by atoms with van der Waals surface area (Å²) < 4.78 is 11.6. The van der Waals surface area contributed by atoms with Crippen LogP contribution < -0.4 is 10.3 Å². The molecule has 0 N–H and O–H groups in total. The van der Waals surface area contributed by atoms with Crippen LogP contribution in [0.1, 0.15) is 22.0 Å². The van der Waals surface area contributed by atoms with E-state index in [4.69, 9.17) is 9.15 Å². The number of aromatic nitrogens is 2. The van der Waals surface area contributed by atoms with Gasteiger partial charge in [-0.1, -0.05) is 0 Å². The SMILES string of the molecule is COc1nc(C)cc(=O)n1Cc1ccc(C=O)o1. The Kier molecular flexibility index (Phi) is 3.27. The van der Waals surface area contributed by atoms with Crippen molar-refractivity contribution in [2.24, 2.45) is 0 Å². The lowest BCUT2D eigenvalue weighted by Crippen LogP contribution is -2.23. The fourth-order valence-corrected chi connectivity index (χ4v) is 1.59. The first kappa shape index (κ1) is 12.1. The van der Waals surface area contributed by atoms with Gasteiger partial charge in [0.05, 0.1) is 13.7 Å². The van der Waals surface area contributed by atoms with Gasteiger partial charge in [0.1, 0.15) is 5.76 Å². The first-order valence-electron chi connectivity index (χ1n) is 5.30. The summed E-state index contributed by atoms with van der Waals surface area (Å²) in [6, 6.07) is 4.80. The smallest absolute Gasteiger partial charge is 0.299 e. The van der Waals surface area contributed by atoms with Crippen molar-refractivity contribution in [2.75, 3.05) is 7.11 Å². The molecule has 0 spiro atoms. The summed E-state index contributed by atoms with van der Waals surface area (Å²) in [4.78, 5) is 26.4. The van der Waals surface area contributed by atoms with Gasteiger partial charge in [0.25, 0.3) is 11.6 Å². The average Bonchev–Trinajstić information content (AvgIpc) is 2.80. The van der Waals surface area contributed by atoms with E-state index in [0.717, 1.165) is 0 Å². The lowest BCUT2D eigenvalue weighted by molar-refractivity contribution is 0.109. The van der Waals surface area contributed by atoms with Gasteiger partial charge >= 0.3 is 0 Å². The standard InChI is InChI=1S/C12H12N2O4/c1-8-5-11(16)14(12(13-8)17-2)6-9-3-4-10(7-15)18-9/h3-5,7H,6H2,1-2H3. The van der Waals surface area contributed by atoms with Crippen molar-refractivity contribution in [1.82, 2.24) is 9.55 Å². The highest BCUT2D eigenvalue weighted by atomic mass is 16.5. The van der Waals surface area contributed by atoms with Gasteiger partial charge in [0, 0.05) is 11.8 Å². The number of nitrogens with zero attached hydrogens (tertiary/aromatic N) is 2. The van der Waals surface area contributed by atoms with Gasteiger partial charge in [0.2, 0.25) is 0 Å². The highest BCUT2D eigenvalue weighted by molar-refractivity contribution is 5.70. The van der Waals surface area contributed by atoms with Crippen molar-refractivity contribution in [2.45, 2.75) is 13.5 Å². The van der Waals surface area contributed by atoms with Crippen molar-refractivity contribution in [3.63, 3.8) is 0 Å². The van der Waals surface area contributed by atoms with Crippen LogP contribution in [0.25, 0.3) is 0 Å². The third-order valence-corrected chi connectivity index (χ3v) is 2.40. The number of methoxy groups -OCH3 is 1. The van der Waals surface area contributed by atoms with Crippen LogP contribution in [-0.4, -0.2) is 22.9 Å². The molecule has 2 aromatic rings. The van der Waals surface area contributed by atoms with Gasteiger partial charge in [-0.3, -0.25) is 14.2 Å². The normalized spacial score (nSPS) is 10.3. The van der Waals surface area contributed by atoms with Crippen LogP contribution in [0.15, 0.2) is 27.4 Å². The van der Waals surface area contributed by atoms with E-state index in [2.05, 4.69) is 4.98 Å². The summed E-state index contributed by atoms with van der Waals surface area (Å²) in [6.07, 6.45) is 0.608. The van der Waals surface area contributed by atoms with E-state index in [9.17, 15) is 9.59 Å². The first-order valence-corrected chi connectivity index (χ1v) is 5.30. The van der Waals surface area contributed by atoms with E-state index >= 15 is 0 Å². The Morgan fingerprint density at radius 1 is 1.50 bits per heavy atom. The molecule has 2 aromatic heterocycles. The second-order valence-electron chi connectivity index (χ2n) is 3.73. The highest BCUT2D eigenvalue weighted by Gasteiger charge is 2.10. The number of aldehydes is 1. The summed E-state index contributed by atoms with van der Waals surface area (Å²) >= 11 is 0. The summed E-state index contributed by atoms with van der Waals surface area (Å²) in [5.74, 6) is 0.709. The molecule has 0 aliphatic heterocycles. The van der Waals surface area contributed by atoms with Crippen LogP contribution >= 0.6 is 0 Å². The zero-order valence-electron chi connectivity index (χ0n) is 10.0. The molecule has 2 rings (SSSR count). The van der Waals surface area contributed by atoms with E-state index in [1.165, 1.54) is 17.7 Å². The molecule has 0 fully saturated rings. The molecule has 0 amide bonds. The zero-order valence-corrected chi connectivity index (χ0v) is 10.0. The minimum absolute atomic E-state index is 0.170. The Morgan fingerprint density at radius 2 is 2.28 bits per heavy atom. The number of aryl methyl sites for hydroxylation is 1. The number of carbonyl (C=O) groups excluding carboxylic acids is 1. The van der Waals surface area contributed by atoms with Crippen LogP contribution in [0, 0.1) is 6.92 Å². The fraction of sp³-hybridized carbons (Fsp3) is 0.250. The first-order chi connectivity index (χ1) is 8.63. The van der Waals surface area contributed by atoms with E-state index in [-0.39, 0.29) is 23.9 Å². The van der Waals surface area contributed by atoms with E-state index in [1.807, 2.05) is 0 Å². The summed E-state index contributed by atoms with van der Waals surface area (Å²) in [6.45, 7) is 1.88. The summed E-state index contributed by atoms with van der Waals surface area (Å²) in [7, 11) is 1.44. The van der Waals surface area contributed by atoms with Gasteiger partial charge < -0.3 is 9.15 Å². The molecule has 0 bridgehead atoms. The number of hydrogen-bond donors (Lipinski definition) is 0. The van der Waals surface area contributed by atoms with Gasteiger partial charge in [-0.15, -0.1) is 0 Å². The lowest BCUT2D eigenvalue weighted by Gasteiger charge is -2.09. The molecule has 6 nitrogen and oxygen atoms in total. The van der Waals surface area contributed by atoms with Crippen LogP contribution in [0.5, 0.6) is 6.01 Å². The largest absolute Gasteiger partial charge is 0.468 e. The van der Waals surface area contributed by atoms with Crippen molar-refractivity contribution in [3.8, 4) is 6.01 Å². The van der Waals surface area contributed by atoms with Gasteiger partial charge in [-0.2, -0.15) is 0 Å². The fourth-order valence-electron chi connectivity index (χ4n) is 1.59. The molecular weight excluding hydrogens is 236 g/mol. The molecule has 0 saturated carbocycles. The number of ether oxygens (including phenoxy) is 1. The number of rotatable bonds is 4. The third kappa shape index (κ3) is 2.32. The molecule has 18 heavy (non-hydrogen) atoms. The molecule has 0 atom stereocenters. The van der Waals surface area contributed by atoms with E-state index in [1.54, 1.807) is 19.1 Å².